The Bertz CT molecular complexity index is 1150. The van der Waals surface area contributed by atoms with Crippen molar-refractivity contribution in [3.8, 4) is 5.75 Å². The summed E-state index contributed by atoms with van der Waals surface area (Å²) in [4.78, 5) is 38.8. The molecule has 0 saturated heterocycles. The van der Waals surface area contributed by atoms with Crippen molar-refractivity contribution in [1.82, 2.24) is 4.90 Å². The Morgan fingerprint density at radius 2 is 1.81 bits per heavy atom. The summed E-state index contributed by atoms with van der Waals surface area (Å²) < 4.78 is 35.1. The van der Waals surface area contributed by atoms with E-state index in [2.05, 4.69) is 5.32 Å². The lowest BCUT2D eigenvalue weighted by molar-refractivity contribution is -0.140. The van der Waals surface area contributed by atoms with Crippen LogP contribution >= 0.6 is 10.0 Å². The first-order valence-electron chi connectivity index (χ1n) is 11.7. The molecule has 2 amide bonds. The van der Waals surface area contributed by atoms with Gasteiger partial charge in [0.1, 0.15) is 23.4 Å². The van der Waals surface area contributed by atoms with Crippen LogP contribution in [0.3, 0.4) is 0 Å². The van der Waals surface area contributed by atoms with Gasteiger partial charge in [0.2, 0.25) is 5.91 Å². The molecule has 2 aromatic rings. The minimum Gasteiger partial charge on any atom is -0.497 e. The molecule has 196 valence electrons. The van der Waals surface area contributed by atoms with E-state index < -0.39 is 39.6 Å². The summed E-state index contributed by atoms with van der Waals surface area (Å²) in [5, 5.41) is 11.5. The van der Waals surface area contributed by atoms with Crippen molar-refractivity contribution < 1.29 is 33.0 Å². The zero-order valence-corrected chi connectivity index (χ0v) is 21.7. The van der Waals surface area contributed by atoms with Crippen molar-refractivity contribution in [3.05, 3.63) is 53.1 Å². The molecule has 0 saturated carbocycles. The maximum Gasteiger partial charge on any atom is 0.303 e. The van der Waals surface area contributed by atoms with E-state index in [-0.39, 0.29) is 42.3 Å². The molecule has 1 heterocycles. The molecule has 0 unspecified atom stereocenters. The quantitative estimate of drug-likeness (QED) is 0.496. The molecule has 3 rings (SSSR count). The lowest BCUT2D eigenvalue weighted by Crippen LogP contribution is -2.45. The molecule has 0 aliphatic carbocycles. The first-order chi connectivity index (χ1) is 17.0. The molecule has 7 nitrogen and oxygen atoms in total. The van der Waals surface area contributed by atoms with Gasteiger partial charge in [-0.25, -0.2) is 18.8 Å². The number of ether oxygens (including phenoxy) is 1. The monoisotopic (exact) mass is 522 g/mol. The molecule has 1 aliphatic heterocycles. The molecule has 0 spiro atoms. The largest absolute Gasteiger partial charge is 0.497 e. The van der Waals surface area contributed by atoms with E-state index in [0.717, 1.165) is 17.7 Å². The summed E-state index contributed by atoms with van der Waals surface area (Å²) in [7, 11) is -0.147. The highest BCUT2D eigenvalue weighted by Gasteiger charge is 2.36. The van der Waals surface area contributed by atoms with Crippen LogP contribution in [0.15, 0.2) is 35.2 Å². The van der Waals surface area contributed by atoms with Crippen LogP contribution < -0.4 is 10.1 Å². The maximum atomic E-state index is 14.9. The number of carboxylic acid groups (broad SMARTS) is 1. The van der Waals surface area contributed by atoms with Crippen molar-refractivity contribution in [2.75, 3.05) is 37.2 Å². The second-order valence-corrected chi connectivity index (χ2v) is 13.2. The molecule has 0 bridgehead atoms. The molecule has 1 aliphatic rings. The summed E-state index contributed by atoms with van der Waals surface area (Å²) in [5.41, 5.74) is 1.37. The zero-order valence-electron chi connectivity index (χ0n) is 20.9. The van der Waals surface area contributed by atoms with Gasteiger partial charge in [0, 0.05) is 25.1 Å². The molecular weight excluding hydrogens is 490 g/mol. The Kier molecular flexibility index (Phi) is 8.60. The first-order valence-corrected chi connectivity index (χ1v) is 14.3. The number of carbonyl (C=O) groups excluding carboxylic acids is 2. The number of hydrogen-bond donors (Lipinski definition) is 2. The Morgan fingerprint density at radius 3 is 2.39 bits per heavy atom. The van der Waals surface area contributed by atoms with Gasteiger partial charge in [0.05, 0.1) is 12.0 Å². The fourth-order valence-corrected chi connectivity index (χ4v) is 5.79. The average molecular weight is 523 g/mol. The number of methoxy groups -OCH3 is 1. The topological polar surface area (TPSA) is 95.9 Å². The number of aliphatic carboxylic acids is 1. The van der Waals surface area contributed by atoms with Gasteiger partial charge in [-0.15, -0.1) is 0 Å². The highest BCUT2D eigenvalue weighted by atomic mass is 32.3. The van der Waals surface area contributed by atoms with Gasteiger partial charge in [-0.1, -0.05) is 13.0 Å². The van der Waals surface area contributed by atoms with Crippen molar-refractivity contribution in [3.63, 3.8) is 0 Å². The molecule has 0 fully saturated rings. The Labute approximate surface area is 211 Å². The van der Waals surface area contributed by atoms with E-state index in [9.17, 15) is 23.2 Å². The number of rotatable bonds is 9. The van der Waals surface area contributed by atoms with Gasteiger partial charge in [0.15, 0.2) is 0 Å². The van der Waals surface area contributed by atoms with Crippen LogP contribution in [0.1, 0.15) is 43.4 Å². The molecule has 0 aromatic heterocycles. The van der Waals surface area contributed by atoms with Crippen molar-refractivity contribution >= 4 is 33.5 Å². The number of carboxylic acids is 1. The van der Waals surface area contributed by atoms with Crippen molar-refractivity contribution in [2.45, 2.75) is 43.5 Å². The van der Waals surface area contributed by atoms with Crippen LogP contribution in [0.4, 0.5) is 14.5 Å². The SMILES string of the molecule is CCS(C)(C)c1c(F)cc(NC(=O)[C@H]2c3ccc(OC)cc3CCN2C(=O)CCCC(=O)O)cc1F. The summed E-state index contributed by atoms with van der Waals surface area (Å²) in [5.74, 6) is -2.21. The molecule has 1 atom stereocenters. The summed E-state index contributed by atoms with van der Waals surface area (Å²) in [6.07, 6.45) is 4.08. The average Bonchev–Trinajstić information content (AvgIpc) is 2.81. The van der Waals surface area contributed by atoms with Crippen LogP contribution in [0, 0.1) is 11.6 Å². The van der Waals surface area contributed by atoms with Gasteiger partial charge in [0.25, 0.3) is 5.91 Å². The van der Waals surface area contributed by atoms with E-state index in [1.807, 2.05) is 19.4 Å². The number of fused-ring (bicyclic) bond motifs is 1. The third-order valence-corrected chi connectivity index (χ3v) is 9.41. The summed E-state index contributed by atoms with van der Waals surface area (Å²) >= 11 is 0. The number of anilines is 1. The number of amides is 2. The third kappa shape index (κ3) is 5.98. The van der Waals surface area contributed by atoms with E-state index in [1.54, 1.807) is 18.2 Å². The van der Waals surface area contributed by atoms with Crippen LogP contribution in [0.5, 0.6) is 5.75 Å². The third-order valence-electron chi connectivity index (χ3n) is 6.47. The second kappa shape index (κ2) is 11.3. The number of halogens is 2. The lowest BCUT2D eigenvalue weighted by Gasteiger charge is -2.36. The van der Waals surface area contributed by atoms with Crippen molar-refractivity contribution in [1.29, 1.82) is 0 Å². The maximum absolute atomic E-state index is 14.9. The Balaban J connectivity index is 1.93. The van der Waals surface area contributed by atoms with Gasteiger partial charge >= 0.3 is 5.97 Å². The van der Waals surface area contributed by atoms with Crippen LogP contribution in [0.25, 0.3) is 0 Å². The molecule has 2 aromatic carbocycles. The smallest absolute Gasteiger partial charge is 0.303 e. The molecule has 36 heavy (non-hydrogen) atoms. The van der Waals surface area contributed by atoms with Gasteiger partial charge in [-0.3, -0.25) is 14.4 Å². The molecule has 0 radical (unpaired) electrons. The predicted octanol–water partition coefficient (Wildman–Crippen LogP) is 4.74. The van der Waals surface area contributed by atoms with Crippen LogP contribution in [-0.2, 0) is 20.8 Å². The Hall–Kier alpha value is -3.14. The number of carbonyl (C=O) groups is 3. The van der Waals surface area contributed by atoms with Crippen LogP contribution in [-0.4, -0.2) is 59.7 Å². The zero-order chi connectivity index (χ0) is 26.6. The lowest BCUT2D eigenvalue weighted by atomic mass is 9.91. The fourth-order valence-electron chi connectivity index (χ4n) is 4.33. The summed E-state index contributed by atoms with van der Waals surface area (Å²) in [6, 6.07) is 6.36. The predicted molar refractivity (Wildman–Crippen MR) is 136 cm³/mol. The number of nitrogens with zero attached hydrogens (tertiary/aromatic N) is 1. The number of benzene rings is 2. The van der Waals surface area contributed by atoms with E-state index >= 15 is 0 Å². The fraction of sp³-hybridized carbons (Fsp3) is 0.423. The minimum absolute atomic E-state index is 0.0333. The standard InChI is InChI=1S/C26H32F2N2O5S/c1-5-36(3,4)25-20(27)14-17(15-21(25)28)29-26(34)24-19-10-9-18(35-2)13-16(19)11-12-30(24)22(31)7-6-8-23(32)33/h9-10,13-15,24H,5-8,11-12H2,1-4H3,(H,29,34)(H,32,33)/t24-/m1/s1. The first kappa shape index (κ1) is 27.4. The second-order valence-electron chi connectivity index (χ2n) is 9.14. The van der Waals surface area contributed by atoms with E-state index in [1.165, 1.54) is 12.0 Å². The highest BCUT2D eigenvalue weighted by Crippen LogP contribution is 2.51. The number of hydrogen-bond acceptors (Lipinski definition) is 4. The van der Waals surface area contributed by atoms with E-state index in [0.29, 0.717) is 23.5 Å². The number of nitrogens with one attached hydrogen (secondary N) is 1. The van der Waals surface area contributed by atoms with Crippen molar-refractivity contribution in [2.24, 2.45) is 0 Å². The molecule has 2 N–H and O–H groups in total. The van der Waals surface area contributed by atoms with Gasteiger partial charge in [-0.2, -0.15) is 0 Å². The van der Waals surface area contributed by atoms with Crippen LogP contribution in [0.2, 0.25) is 0 Å². The Morgan fingerprint density at radius 1 is 1.14 bits per heavy atom. The summed E-state index contributed by atoms with van der Waals surface area (Å²) in [6.45, 7) is 2.11. The minimum atomic E-state index is -1.68. The van der Waals surface area contributed by atoms with E-state index in [4.69, 9.17) is 9.84 Å². The molecular formula is C26H32F2N2O5S. The highest BCUT2D eigenvalue weighted by molar-refractivity contribution is 8.32. The molecule has 10 heteroatoms. The van der Waals surface area contributed by atoms with Gasteiger partial charge in [-0.05, 0) is 66.5 Å². The normalized spacial score (nSPS) is 15.7. The van der Waals surface area contributed by atoms with Gasteiger partial charge < -0.3 is 20.1 Å².